The van der Waals surface area contributed by atoms with Crippen molar-refractivity contribution in [3.63, 3.8) is 0 Å². The maximum atomic E-state index is 13.8. The molecule has 2 aromatic heterocycles. The van der Waals surface area contributed by atoms with Crippen molar-refractivity contribution in [2.24, 2.45) is 5.16 Å². The SMILES string of the molecule is CCO/N=C(/c1ccc(CN2CCC3(CC2)OCc2c[n+]([O-])ccc23)nc1)c1ccc(F)c(F)c1. The number of rotatable bonds is 6. The van der Waals surface area contributed by atoms with Gasteiger partial charge in [-0.25, -0.2) is 8.78 Å². The predicted molar refractivity (Wildman–Crippen MR) is 124 cm³/mol. The van der Waals surface area contributed by atoms with Gasteiger partial charge in [0.1, 0.15) is 12.3 Å². The average Bonchev–Trinajstić information content (AvgIpc) is 3.21. The van der Waals surface area contributed by atoms with Crippen LogP contribution in [-0.4, -0.2) is 35.3 Å². The van der Waals surface area contributed by atoms with E-state index in [1.165, 1.54) is 12.3 Å². The summed E-state index contributed by atoms with van der Waals surface area (Å²) in [6, 6.07) is 9.30. The van der Waals surface area contributed by atoms with Crippen LogP contribution in [0.1, 0.15) is 47.7 Å². The van der Waals surface area contributed by atoms with Crippen LogP contribution in [0, 0.1) is 16.8 Å². The summed E-state index contributed by atoms with van der Waals surface area (Å²) < 4.78 is 34.2. The minimum Gasteiger partial charge on any atom is -0.619 e. The lowest BCUT2D eigenvalue weighted by molar-refractivity contribution is -0.605. The fraction of sp³-hybridized carbons (Fsp3) is 0.346. The van der Waals surface area contributed by atoms with Gasteiger partial charge in [-0.2, -0.15) is 4.73 Å². The monoisotopic (exact) mass is 480 g/mol. The molecule has 0 N–H and O–H groups in total. The number of fused-ring (bicyclic) bond motifs is 2. The van der Waals surface area contributed by atoms with E-state index < -0.39 is 11.6 Å². The lowest BCUT2D eigenvalue weighted by Gasteiger charge is -2.39. The predicted octanol–water partition coefficient (Wildman–Crippen LogP) is 3.80. The second-order valence-electron chi connectivity index (χ2n) is 8.83. The van der Waals surface area contributed by atoms with E-state index in [2.05, 4.69) is 15.0 Å². The molecule has 0 saturated carbocycles. The summed E-state index contributed by atoms with van der Waals surface area (Å²) in [5, 5.41) is 15.7. The summed E-state index contributed by atoms with van der Waals surface area (Å²) in [6.45, 7) is 5.00. The van der Waals surface area contributed by atoms with Crippen molar-refractivity contribution in [2.45, 2.75) is 38.5 Å². The molecule has 2 aliphatic heterocycles. The summed E-state index contributed by atoms with van der Waals surface area (Å²) in [5.74, 6) is -1.86. The zero-order valence-electron chi connectivity index (χ0n) is 19.4. The van der Waals surface area contributed by atoms with Crippen molar-refractivity contribution in [1.82, 2.24) is 9.88 Å². The highest BCUT2D eigenvalue weighted by atomic mass is 19.2. The Kier molecular flexibility index (Phi) is 6.44. The largest absolute Gasteiger partial charge is 0.619 e. The number of hydrogen-bond acceptors (Lipinski definition) is 6. The minimum absolute atomic E-state index is 0.313. The molecular formula is C26H26F2N4O3. The molecule has 1 saturated heterocycles. The van der Waals surface area contributed by atoms with Crippen LogP contribution in [0.2, 0.25) is 0 Å². The first-order valence-corrected chi connectivity index (χ1v) is 11.7. The van der Waals surface area contributed by atoms with Crippen molar-refractivity contribution in [2.75, 3.05) is 19.7 Å². The third-order valence-electron chi connectivity index (χ3n) is 6.64. The van der Waals surface area contributed by atoms with Crippen LogP contribution in [0.25, 0.3) is 0 Å². The van der Waals surface area contributed by atoms with E-state index in [0.29, 0.717) is 36.6 Å². The van der Waals surface area contributed by atoms with Crippen LogP contribution in [0.3, 0.4) is 0 Å². The molecule has 0 radical (unpaired) electrons. The van der Waals surface area contributed by atoms with Gasteiger partial charge in [0.2, 0.25) is 0 Å². The van der Waals surface area contributed by atoms with E-state index >= 15 is 0 Å². The van der Waals surface area contributed by atoms with E-state index in [1.807, 2.05) is 18.2 Å². The fourth-order valence-electron chi connectivity index (χ4n) is 4.79. The van der Waals surface area contributed by atoms with Gasteiger partial charge in [0, 0.05) is 54.2 Å². The average molecular weight is 481 g/mol. The van der Waals surface area contributed by atoms with Gasteiger partial charge in [-0.1, -0.05) is 5.16 Å². The third kappa shape index (κ3) is 4.74. The lowest BCUT2D eigenvalue weighted by atomic mass is 9.84. The fourth-order valence-corrected chi connectivity index (χ4v) is 4.79. The molecule has 2 aliphatic rings. The minimum atomic E-state index is -0.944. The zero-order valence-corrected chi connectivity index (χ0v) is 19.4. The Bertz CT molecular complexity index is 1240. The molecule has 0 aliphatic carbocycles. The summed E-state index contributed by atoms with van der Waals surface area (Å²) in [4.78, 5) is 12.1. The van der Waals surface area contributed by atoms with Gasteiger partial charge in [-0.15, -0.1) is 0 Å². The molecule has 0 amide bonds. The number of likely N-dealkylation sites (tertiary alicyclic amines) is 1. The smallest absolute Gasteiger partial charge is 0.186 e. The number of pyridine rings is 2. The molecule has 1 aromatic carbocycles. The van der Waals surface area contributed by atoms with E-state index in [9.17, 15) is 14.0 Å². The van der Waals surface area contributed by atoms with Crippen LogP contribution in [0.4, 0.5) is 8.78 Å². The number of nitrogens with zero attached hydrogens (tertiary/aromatic N) is 4. The summed E-state index contributed by atoms with van der Waals surface area (Å²) in [5.41, 5.74) is 4.13. The molecule has 35 heavy (non-hydrogen) atoms. The number of piperidine rings is 1. The summed E-state index contributed by atoms with van der Waals surface area (Å²) >= 11 is 0. The van der Waals surface area contributed by atoms with Gasteiger partial charge < -0.3 is 14.8 Å². The maximum absolute atomic E-state index is 13.8. The van der Waals surface area contributed by atoms with Gasteiger partial charge in [-0.05, 0) is 50.1 Å². The van der Waals surface area contributed by atoms with Gasteiger partial charge >= 0.3 is 0 Å². The van der Waals surface area contributed by atoms with Crippen molar-refractivity contribution >= 4 is 5.71 Å². The Balaban J connectivity index is 1.26. The molecule has 0 unspecified atom stereocenters. The normalized spacial score (nSPS) is 17.5. The first kappa shape index (κ1) is 23.3. The highest BCUT2D eigenvalue weighted by Gasteiger charge is 2.43. The Morgan fingerprint density at radius 3 is 2.69 bits per heavy atom. The highest BCUT2D eigenvalue weighted by molar-refractivity contribution is 6.12. The topological polar surface area (TPSA) is 73.9 Å². The van der Waals surface area contributed by atoms with Crippen molar-refractivity contribution in [3.05, 3.63) is 99.8 Å². The van der Waals surface area contributed by atoms with Crippen LogP contribution < -0.4 is 4.73 Å². The maximum Gasteiger partial charge on any atom is 0.186 e. The Hall–Kier alpha value is -3.43. The first-order chi connectivity index (χ1) is 17.0. The number of benzene rings is 1. The van der Waals surface area contributed by atoms with Crippen LogP contribution in [0.15, 0.2) is 60.1 Å². The second kappa shape index (κ2) is 9.67. The molecule has 9 heteroatoms. The first-order valence-electron chi connectivity index (χ1n) is 11.7. The van der Waals surface area contributed by atoms with Gasteiger partial charge in [0.05, 0.1) is 17.9 Å². The molecule has 7 nitrogen and oxygen atoms in total. The summed E-state index contributed by atoms with van der Waals surface area (Å²) in [7, 11) is 0. The number of oxime groups is 1. The molecule has 4 heterocycles. The highest BCUT2D eigenvalue weighted by Crippen LogP contribution is 2.43. The van der Waals surface area contributed by atoms with Gasteiger partial charge in [0.15, 0.2) is 24.0 Å². The van der Waals surface area contributed by atoms with Crippen LogP contribution >= 0.6 is 0 Å². The number of aromatic nitrogens is 2. The van der Waals surface area contributed by atoms with E-state index in [1.54, 1.807) is 19.3 Å². The van der Waals surface area contributed by atoms with Crippen molar-refractivity contribution in [3.8, 4) is 0 Å². The number of hydrogen-bond donors (Lipinski definition) is 0. The van der Waals surface area contributed by atoms with Gasteiger partial charge in [-0.3, -0.25) is 9.88 Å². The number of ether oxygens (including phenoxy) is 1. The van der Waals surface area contributed by atoms with Crippen LogP contribution in [0.5, 0.6) is 0 Å². The quantitative estimate of drug-likeness (QED) is 0.232. The molecule has 0 bridgehead atoms. The third-order valence-corrected chi connectivity index (χ3v) is 6.64. The summed E-state index contributed by atoms with van der Waals surface area (Å²) in [6.07, 6.45) is 6.51. The molecule has 0 atom stereocenters. The Morgan fingerprint density at radius 2 is 1.97 bits per heavy atom. The number of halogens is 2. The molecule has 5 rings (SSSR count). The molecule has 182 valence electrons. The van der Waals surface area contributed by atoms with Gasteiger partial charge in [0.25, 0.3) is 0 Å². The van der Waals surface area contributed by atoms with Crippen molar-refractivity contribution in [1.29, 1.82) is 0 Å². The van der Waals surface area contributed by atoms with Crippen LogP contribution in [-0.2, 0) is 28.3 Å². The Labute approximate surface area is 202 Å². The zero-order chi connectivity index (χ0) is 24.4. The van der Waals surface area contributed by atoms with Crippen molar-refractivity contribution < 1.29 is 23.1 Å². The standard InChI is InChI=1S/C26H26F2N4O3/c1-2-35-30-25(18-4-6-23(27)24(28)13-18)19-3-5-21(29-14-19)16-31-11-8-26(9-12-31)22-7-10-32(33)15-20(22)17-34-26/h3-7,10,13-15H,2,8-9,11-12,16-17H2,1H3/b30-25+. The van der Waals surface area contributed by atoms with E-state index in [4.69, 9.17) is 9.57 Å². The molecular weight excluding hydrogens is 454 g/mol. The Morgan fingerprint density at radius 1 is 1.17 bits per heavy atom. The van der Waals surface area contributed by atoms with E-state index in [-0.39, 0.29) is 5.60 Å². The molecule has 3 aromatic rings. The lowest BCUT2D eigenvalue weighted by Crippen LogP contribution is -2.42. The molecule has 1 fully saturated rings. The van der Waals surface area contributed by atoms with E-state index in [0.717, 1.165) is 59.6 Å². The second-order valence-corrected chi connectivity index (χ2v) is 8.83. The molecule has 1 spiro atoms.